The summed E-state index contributed by atoms with van der Waals surface area (Å²) < 4.78 is 18.5. The maximum atomic E-state index is 6.43. The number of hydrogen-bond donors (Lipinski definition) is 0. The Morgan fingerprint density at radius 3 is 1.65 bits per heavy atom. The van der Waals surface area contributed by atoms with E-state index in [0.29, 0.717) is 6.61 Å². The molecule has 0 amide bonds. The van der Waals surface area contributed by atoms with E-state index in [1.54, 1.807) is 0 Å². The highest BCUT2D eigenvalue weighted by atomic mass is 32.1. The summed E-state index contributed by atoms with van der Waals surface area (Å²) in [4.78, 5) is 2.52. The van der Waals surface area contributed by atoms with E-state index in [1.165, 1.54) is 9.75 Å². The highest BCUT2D eigenvalue weighted by Gasteiger charge is 2.34. The number of hydrogen-bond acceptors (Lipinski definition) is 4. The third-order valence-electron chi connectivity index (χ3n) is 4.10. The quantitative estimate of drug-likeness (QED) is 0.443. The van der Waals surface area contributed by atoms with Crippen molar-refractivity contribution >= 4 is 11.3 Å². The average molecular weight is 385 g/mol. The maximum Gasteiger partial charge on any atom is 0.176 e. The lowest BCUT2D eigenvalue weighted by Gasteiger charge is -2.24. The van der Waals surface area contributed by atoms with Crippen molar-refractivity contribution in [2.45, 2.75) is 105 Å². The molecule has 152 valence electrons. The number of rotatable bonds is 9. The number of thiophene rings is 1. The molecule has 0 spiro atoms. The Kier molecular flexibility index (Phi) is 8.47. The summed E-state index contributed by atoms with van der Waals surface area (Å²) in [6.07, 6.45) is 2.14. The molecule has 0 aliphatic heterocycles. The summed E-state index contributed by atoms with van der Waals surface area (Å²) in [5.74, 6) is 1.85. The predicted molar refractivity (Wildman–Crippen MR) is 113 cm³/mol. The minimum absolute atomic E-state index is 0.00105. The van der Waals surface area contributed by atoms with Gasteiger partial charge in [-0.1, -0.05) is 55.4 Å². The van der Waals surface area contributed by atoms with E-state index >= 15 is 0 Å². The van der Waals surface area contributed by atoms with Gasteiger partial charge in [0.15, 0.2) is 11.5 Å². The summed E-state index contributed by atoms with van der Waals surface area (Å²) in [5, 5.41) is 0. The molecule has 0 aliphatic rings. The van der Waals surface area contributed by atoms with Gasteiger partial charge in [-0.3, -0.25) is 0 Å². The van der Waals surface area contributed by atoms with Crippen molar-refractivity contribution in [1.82, 2.24) is 0 Å². The van der Waals surface area contributed by atoms with Crippen molar-refractivity contribution in [3.63, 3.8) is 0 Å². The maximum absolute atomic E-state index is 6.43. The molecule has 0 radical (unpaired) electrons. The lowest BCUT2D eigenvalue weighted by Crippen LogP contribution is -2.22. The molecule has 3 nitrogen and oxygen atoms in total. The van der Waals surface area contributed by atoms with Crippen LogP contribution in [0.5, 0.6) is 11.5 Å². The zero-order chi connectivity index (χ0) is 20.1. The van der Waals surface area contributed by atoms with Crippen LogP contribution in [0.2, 0.25) is 0 Å². The molecular weight excluding hydrogens is 344 g/mol. The Balaban J connectivity index is 3.34. The third kappa shape index (κ3) is 6.45. The monoisotopic (exact) mass is 384 g/mol. The molecule has 2 unspecified atom stereocenters. The lowest BCUT2D eigenvalue weighted by atomic mass is 9.91. The van der Waals surface area contributed by atoms with E-state index in [0.717, 1.165) is 30.9 Å². The summed E-state index contributed by atoms with van der Waals surface area (Å²) in [6, 6.07) is 0. The van der Waals surface area contributed by atoms with E-state index in [9.17, 15) is 0 Å². The molecule has 2 atom stereocenters. The second kappa shape index (κ2) is 9.45. The van der Waals surface area contributed by atoms with Crippen molar-refractivity contribution in [2.24, 2.45) is 0 Å². The van der Waals surface area contributed by atoms with Crippen molar-refractivity contribution in [3.8, 4) is 11.5 Å². The SMILES string of the molecule is CCCOCC(C)Oc1c(C(C)(C)C)sc(C(C)(C)C)c1OC(C)CC. The van der Waals surface area contributed by atoms with Gasteiger partial charge in [0, 0.05) is 17.4 Å². The van der Waals surface area contributed by atoms with Gasteiger partial charge >= 0.3 is 0 Å². The molecule has 0 bridgehead atoms. The van der Waals surface area contributed by atoms with Crippen molar-refractivity contribution < 1.29 is 14.2 Å². The van der Waals surface area contributed by atoms with E-state index in [1.807, 2.05) is 11.3 Å². The van der Waals surface area contributed by atoms with Crippen LogP contribution in [0.1, 0.15) is 91.8 Å². The molecule has 0 N–H and O–H groups in total. The molecule has 0 saturated heterocycles. The third-order valence-corrected chi connectivity index (χ3v) is 6.10. The topological polar surface area (TPSA) is 27.7 Å². The molecule has 26 heavy (non-hydrogen) atoms. The van der Waals surface area contributed by atoms with Crippen LogP contribution in [0.15, 0.2) is 0 Å². The van der Waals surface area contributed by atoms with Crippen LogP contribution in [-0.2, 0) is 15.6 Å². The number of ether oxygens (including phenoxy) is 3. The molecule has 1 heterocycles. The molecule has 1 aromatic rings. The van der Waals surface area contributed by atoms with Gasteiger partial charge in [0.1, 0.15) is 6.10 Å². The highest BCUT2D eigenvalue weighted by Crippen LogP contribution is 2.52. The van der Waals surface area contributed by atoms with Crippen LogP contribution in [0.4, 0.5) is 0 Å². The van der Waals surface area contributed by atoms with Crippen LogP contribution < -0.4 is 9.47 Å². The van der Waals surface area contributed by atoms with Crippen molar-refractivity contribution in [1.29, 1.82) is 0 Å². The van der Waals surface area contributed by atoms with Crippen LogP contribution >= 0.6 is 11.3 Å². The van der Waals surface area contributed by atoms with E-state index in [4.69, 9.17) is 14.2 Å². The smallest absolute Gasteiger partial charge is 0.176 e. The van der Waals surface area contributed by atoms with Crippen LogP contribution in [0, 0.1) is 0 Å². The largest absolute Gasteiger partial charge is 0.486 e. The zero-order valence-electron chi connectivity index (χ0n) is 18.6. The van der Waals surface area contributed by atoms with Gasteiger partial charge < -0.3 is 14.2 Å². The van der Waals surface area contributed by atoms with E-state index in [2.05, 4.69) is 69.2 Å². The Morgan fingerprint density at radius 1 is 0.808 bits per heavy atom. The van der Waals surface area contributed by atoms with Gasteiger partial charge in [0.2, 0.25) is 0 Å². The second-order valence-electron chi connectivity index (χ2n) is 9.26. The highest BCUT2D eigenvalue weighted by molar-refractivity contribution is 7.13. The molecule has 4 heteroatoms. The van der Waals surface area contributed by atoms with Gasteiger partial charge in [-0.25, -0.2) is 0 Å². The molecule has 0 aromatic carbocycles. The summed E-state index contributed by atoms with van der Waals surface area (Å²) in [5.41, 5.74) is 0.0120. The minimum atomic E-state index is -0.00986. The molecule has 1 rings (SSSR count). The first kappa shape index (κ1) is 23.3. The van der Waals surface area contributed by atoms with Crippen LogP contribution in [0.25, 0.3) is 0 Å². The Morgan fingerprint density at radius 2 is 1.27 bits per heavy atom. The Hall–Kier alpha value is -0.740. The van der Waals surface area contributed by atoms with Gasteiger partial charge in [-0.05, 0) is 26.7 Å². The molecule has 0 saturated carbocycles. The van der Waals surface area contributed by atoms with Gasteiger partial charge in [0.05, 0.1) is 22.5 Å². The van der Waals surface area contributed by atoms with Crippen molar-refractivity contribution in [3.05, 3.63) is 9.75 Å². The minimum Gasteiger partial charge on any atom is -0.486 e. The van der Waals surface area contributed by atoms with Crippen LogP contribution in [-0.4, -0.2) is 25.4 Å². The molecule has 1 aromatic heterocycles. The fraction of sp³-hybridized carbons (Fsp3) is 0.818. The first-order valence-electron chi connectivity index (χ1n) is 10.0. The van der Waals surface area contributed by atoms with Crippen LogP contribution in [0.3, 0.4) is 0 Å². The fourth-order valence-corrected chi connectivity index (χ4v) is 3.80. The summed E-state index contributed by atoms with van der Waals surface area (Å²) in [7, 11) is 0. The molecular formula is C22H40O3S. The van der Waals surface area contributed by atoms with Gasteiger partial charge in [-0.2, -0.15) is 0 Å². The fourth-order valence-electron chi connectivity index (χ4n) is 2.52. The zero-order valence-corrected chi connectivity index (χ0v) is 19.4. The predicted octanol–water partition coefficient (Wildman–Crippen LogP) is 6.71. The van der Waals surface area contributed by atoms with E-state index in [-0.39, 0.29) is 23.0 Å². The molecule has 0 fully saturated rings. The first-order chi connectivity index (χ1) is 11.9. The second-order valence-corrected chi connectivity index (χ2v) is 10.3. The normalized spacial score (nSPS) is 15.0. The Labute approximate surface area is 165 Å². The standard InChI is InChI=1S/C22H40O3S/c1-11-13-23-14-16(4)25-18-17(24-15(3)12-2)19(21(5,6)7)26-20(18)22(8,9)10/h15-16H,11-14H2,1-10H3. The Bertz CT molecular complexity index is 549. The first-order valence-corrected chi connectivity index (χ1v) is 10.8. The lowest BCUT2D eigenvalue weighted by molar-refractivity contribution is 0.0557. The summed E-state index contributed by atoms with van der Waals surface area (Å²) >= 11 is 1.83. The van der Waals surface area contributed by atoms with Crippen molar-refractivity contribution in [2.75, 3.05) is 13.2 Å². The summed E-state index contributed by atoms with van der Waals surface area (Å²) in [6.45, 7) is 23.3. The van der Waals surface area contributed by atoms with E-state index < -0.39 is 0 Å². The van der Waals surface area contributed by atoms with Gasteiger partial charge in [0.25, 0.3) is 0 Å². The molecule has 0 aliphatic carbocycles. The average Bonchev–Trinajstić information content (AvgIpc) is 2.86. The van der Waals surface area contributed by atoms with Gasteiger partial charge in [-0.15, -0.1) is 11.3 Å².